The molecule has 0 aromatic carbocycles. The molecule has 28 valence electrons. The number of rotatable bonds is 0. The summed E-state index contributed by atoms with van der Waals surface area (Å²) in [6.45, 7) is 0. The Morgan fingerprint density at radius 2 is 1.00 bits per heavy atom. The Bertz CT molecular complexity index is 11.6. The monoisotopic (exact) mass is 486 g/mol. The van der Waals surface area contributed by atoms with Gasteiger partial charge in [-0.2, -0.15) is 0 Å². The minimum absolute atomic E-state index is 0. The van der Waals surface area contributed by atoms with E-state index < -0.39 is 14.7 Å². The summed E-state index contributed by atoms with van der Waals surface area (Å²) in [5.41, 5.74) is 0. The standard InChI is InChI=1S/Bi.3BrH.K.H/h;3*1H;;/q+3;;;;;/p-3. The molecule has 0 aliphatic rings. The molecule has 0 aromatic rings. The number of hydrogen-bond acceptors (Lipinski definition) is 0. The third kappa shape index (κ3) is 18.0. The first-order valence-electron chi connectivity index (χ1n) is 0.507. The topological polar surface area (TPSA) is 0 Å². The maximum atomic E-state index is 3.31. The molecule has 5 heavy (non-hydrogen) atoms. The molecular formula is HBiBr3K. The van der Waals surface area contributed by atoms with Crippen LogP contribution in [0.15, 0.2) is 0 Å². The molecule has 0 N–H and O–H groups in total. The van der Waals surface area contributed by atoms with Crippen LogP contribution in [0.3, 0.4) is 0 Å². The zero-order valence-electron chi connectivity index (χ0n) is 1.58. The summed E-state index contributed by atoms with van der Waals surface area (Å²) in [4.78, 5) is 0. The fourth-order valence-corrected chi connectivity index (χ4v) is 0. The Labute approximate surface area is 99.3 Å². The van der Waals surface area contributed by atoms with Crippen molar-refractivity contribution >= 4 is 103 Å². The molecule has 0 aliphatic carbocycles. The molecule has 0 nitrogen and oxygen atoms in total. The van der Waals surface area contributed by atoms with Gasteiger partial charge in [-0.3, -0.25) is 0 Å². The zero-order valence-corrected chi connectivity index (χ0v) is 9.82. The Hall–Kier alpha value is 3.96. The summed E-state index contributed by atoms with van der Waals surface area (Å²) in [6.07, 6.45) is 0. The second-order valence-corrected chi connectivity index (χ2v) is 45.4. The van der Waals surface area contributed by atoms with E-state index in [4.69, 9.17) is 0 Å². The molecule has 0 fully saturated rings. The molecule has 0 saturated carbocycles. The van der Waals surface area contributed by atoms with Gasteiger partial charge in [0.2, 0.25) is 0 Å². The molecule has 0 aliphatic heterocycles. The van der Waals surface area contributed by atoms with Gasteiger partial charge in [0.1, 0.15) is 0 Å². The van der Waals surface area contributed by atoms with Crippen molar-refractivity contribution in [3.8, 4) is 0 Å². The van der Waals surface area contributed by atoms with Crippen molar-refractivity contribution in [2.24, 2.45) is 0 Å². The molecule has 0 unspecified atom stereocenters. The van der Waals surface area contributed by atoms with E-state index in [-0.39, 0.29) is 51.4 Å². The van der Waals surface area contributed by atoms with Crippen molar-refractivity contribution in [3.63, 3.8) is 0 Å². The van der Waals surface area contributed by atoms with E-state index in [1.807, 2.05) is 0 Å². The normalized spacial score (nSPS) is 7.20. The molecule has 0 saturated heterocycles. The van der Waals surface area contributed by atoms with E-state index in [0.29, 0.717) is 0 Å². The summed E-state index contributed by atoms with van der Waals surface area (Å²) in [7, 11) is 0. The van der Waals surface area contributed by atoms with Gasteiger partial charge in [0.15, 0.2) is 0 Å². The first kappa shape index (κ1) is 11.7. The Kier molecular flexibility index (Phi) is 18.7. The summed E-state index contributed by atoms with van der Waals surface area (Å²) in [6, 6.07) is 0. The van der Waals surface area contributed by atoms with Crippen LogP contribution in [-0.4, -0.2) is 66.1 Å². The minimum atomic E-state index is -1.16. The van der Waals surface area contributed by atoms with Crippen LogP contribution in [0.1, 0.15) is 0 Å². The maximum absolute atomic E-state index is 3.31. The predicted octanol–water partition coefficient (Wildman–Crippen LogP) is 1.51. The second kappa shape index (κ2) is 7.96. The van der Waals surface area contributed by atoms with Gasteiger partial charge in [0, 0.05) is 0 Å². The average molecular weight is 489 g/mol. The van der Waals surface area contributed by atoms with Gasteiger partial charge in [-0.1, -0.05) is 0 Å². The summed E-state index contributed by atoms with van der Waals surface area (Å²) in [5, 5.41) is 0. The first-order chi connectivity index (χ1) is 1.73. The van der Waals surface area contributed by atoms with Crippen molar-refractivity contribution in [1.29, 1.82) is 0 Å². The quantitative estimate of drug-likeness (QED) is 0.454. The van der Waals surface area contributed by atoms with Gasteiger partial charge in [0.05, 0.1) is 0 Å². The average Bonchev–Trinajstić information content (AvgIpc) is 0.811. The third-order valence-electron chi connectivity index (χ3n) is 0. The fourth-order valence-electron chi connectivity index (χ4n) is 0. The van der Waals surface area contributed by atoms with Gasteiger partial charge < -0.3 is 0 Å². The van der Waals surface area contributed by atoms with Gasteiger partial charge in [0.25, 0.3) is 0 Å². The predicted molar refractivity (Wildman–Crippen MR) is 39.7 cm³/mol. The van der Waals surface area contributed by atoms with E-state index in [1.165, 1.54) is 0 Å². The molecule has 5 heteroatoms. The molecule has 0 radical (unpaired) electrons. The first-order valence-corrected chi connectivity index (χ1v) is 23.1. The van der Waals surface area contributed by atoms with Crippen molar-refractivity contribution in [1.82, 2.24) is 0 Å². The van der Waals surface area contributed by atoms with Crippen LogP contribution in [0.25, 0.3) is 0 Å². The van der Waals surface area contributed by atoms with Crippen molar-refractivity contribution in [3.05, 3.63) is 0 Å². The summed E-state index contributed by atoms with van der Waals surface area (Å²) >= 11 is 8.77. The van der Waals surface area contributed by atoms with E-state index >= 15 is 0 Å². The summed E-state index contributed by atoms with van der Waals surface area (Å²) in [5.74, 6) is 0. The molecule has 0 spiro atoms. The van der Waals surface area contributed by atoms with Crippen LogP contribution in [0.4, 0.5) is 0 Å². The van der Waals surface area contributed by atoms with Gasteiger partial charge in [-0.05, 0) is 0 Å². The molecule has 0 aromatic heterocycles. The molecular weight excluding hydrogens is 488 g/mol. The van der Waals surface area contributed by atoms with Crippen LogP contribution in [0, 0.1) is 0 Å². The van der Waals surface area contributed by atoms with Crippen LogP contribution in [-0.2, 0) is 0 Å². The Morgan fingerprint density at radius 3 is 1.00 bits per heavy atom. The molecule has 0 amide bonds. The molecule has 0 atom stereocenters. The second-order valence-electron chi connectivity index (χ2n) is 0.192. The van der Waals surface area contributed by atoms with Gasteiger partial charge in [-0.25, -0.2) is 0 Å². The van der Waals surface area contributed by atoms with E-state index in [2.05, 4.69) is 36.7 Å². The Morgan fingerprint density at radius 1 is 1.00 bits per heavy atom. The number of halogens is 3. The fraction of sp³-hybridized carbons (Fsp3) is 0. The number of hydrogen-bond donors (Lipinski definition) is 0. The zero-order chi connectivity index (χ0) is 3.58. The van der Waals surface area contributed by atoms with Gasteiger partial charge >= 0.3 is 103 Å². The van der Waals surface area contributed by atoms with E-state index in [1.54, 1.807) is 0 Å². The van der Waals surface area contributed by atoms with Crippen LogP contribution in [0.5, 0.6) is 0 Å². The SMILES string of the molecule is [Br][Bi]([Br])[Br].[KH]. The van der Waals surface area contributed by atoms with Crippen LogP contribution in [0.2, 0.25) is 0 Å². The van der Waals surface area contributed by atoms with E-state index in [9.17, 15) is 0 Å². The molecule has 0 heterocycles. The van der Waals surface area contributed by atoms with Crippen molar-refractivity contribution in [2.75, 3.05) is 0 Å². The van der Waals surface area contributed by atoms with E-state index in [0.717, 1.165) is 0 Å². The molecule has 0 bridgehead atoms. The van der Waals surface area contributed by atoms with Crippen molar-refractivity contribution < 1.29 is 0 Å². The van der Waals surface area contributed by atoms with Crippen molar-refractivity contribution in [2.45, 2.75) is 0 Å². The molecule has 0 rings (SSSR count). The Balaban J connectivity index is 0. The summed E-state index contributed by atoms with van der Waals surface area (Å²) < 4.78 is 0. The van der Waals surface area contributed by atoms with Crippen LogP contribution < -0.4 is 0 Å². The van der Waals surface area contributed by atoms with Crippen LogP contribution >= 0.6 is 36.7 Å². The van der Waals surface area contributed by atoms with Gasteiger partial charge in [-0.15, -0.1) is 0 Å². The third-order valence-corrected chi connectivity index (χ3v) is 0.